The van der Waals surface area contributed by atoms with Gasteiger partial charge in [0, 0.05) is 50.0 Å². The first kappa shape index (κ1) is 14.3. The Labute approximate surface area is 122 Å². The molecule has 0 aromatic carbocycles. The van der Waals surface area contributed by atoms with Gasteiger partial charge in [-0.2, -0.15) is 0 Å². The van der Waals surface area contributed by atoms with Gasteiger partial charge in [0.2, 0.25) is 0 Å². The zero-order chi connectivity index (χ0) is 11.1. The van der Waals surface area contributed by atoms with Crippen molar-refractivity contribution in [2.24, 2.45) is 5.41 Å². The minimum atomic E-state index is -0.0752. The van der Waals surface area contributed by atoms with Crippen LogP contribution in [0.15, 0.2) is 45.5 Å². The van der Waals surface area contributed by atoms with Crippen LogP contribution in [0, 0.1) is 5.41 Å². The molecule has 84 valence electrons. The molecule has 0 spiro atoms. The summed E-state index contributed by atoms with van der Waals surface area (Å²) in [6.45, 7) is 4.35. The zero-order valence-corrected chi connectivity index (χ0v) is 12.6. The molecule has 0 aliphatic heterocycles. The Bertz CT molecular complexity index is 374. The van der Waals surface area contributed by atoms with Crippen molar-refractivity contribution >= 4 is 23.2 Å². The minimum Gasteiger partial charge on any atom is -0.0885 e. The molecule has 2 aliphatic carbocycles. The monoisotopic (exact) mass is 288 g/mol. The summed E-state index contributed by atoms with van der Waals surface area (Å²) < 4.78 is 0. The quantitative estimate of drug-likeness (QED) is 0.633. The van der Waals surface area contributed by atoms with E-state index in [9.17, 15) is 0 Å². The van der Waals surface area contributed by atoms with Gasteiger partial charge in [-0.1, -0.05) is 61.4 Å². The van der Waals surface area contributed by atoms with Gasteiger partial charge in [-0.15, -0.1) is 0 Å². The smallest absolute Gasteiger partial charge is 0.0259 e. The van der Waals surface area contributed by atoms with Crippen LogP contribution in [-0.2, 0) is 21.7 Å². The van der Waals surface area contributed by atoms with Crippen LogP contribution in [0.1, 0.15) is 26.7 Å². The van der Waals surface area contributed by atoms with E-state index in [2.05, 4.69) is 38.2 Å². The third-order valence-corrected chi connectivity index (χ3v) is 3.81. The number of allylic oxidation sites excluding steroid dienone is 8. The Kier molecular flexibility index (Phi) is 4.71. The summed E-state index contributed by atoms with van der Waals surface area (Å²) in [5, 5.41) is 1.88. The van der Waals surface area contributed by atoms with Gasteiger partial charge < -0.3 is 0 Å². The Morgan fingerprint density at radius 3 is 1.56 bits per heavy atom. The van der Waals surface area contributed by atoms with E-state index >= 15 is 0 Å². The van der Waals surface area contributed by atoms with E-state index in [0.717, 1.165) is 22.9 Å². The van der Waals surface area contributed by atoms with Crippen LogP contribution < -0.4 is 0 Å². The van der Waals surface area contributed by atoms with Crippen molar-refractivity contribution in [3.8, 4) is 0 Å². The zero-order valence-electron chi connectivity index (χ0n) is 9.48. The van der Waals surface area contributed by atoms with Crippen molar-refractivity contribution in [1.29, 1.82) is 0 Å². The maximum atomic E-state index is 6.22. The van der Waals surface area contributed by atoms with E-state index in [1.165, 1.54) is 11.1 Å². The van der Waals surface area contributed by atoms with Gasteiger partial charge in [0.05, 0.1) is 0 Å². The van der Waals surface area contributed by atoms with Crippen LogP contribution in [0.3, 0.4) is 0 Å². The molecule has 3 heteroatoms. The molecule has 16 heavy (non-hydrogen) atoms. The molecule has 0 aromatic rings. The van der Waals surface area contributed by atoms with E-state index in [1.54, 1.807) is 0 Å². The van der Waals surface area contributed by atoms with Crippen molar-refractivity contribution in [1.82, 2.24) is 0 Å². The van der Waals surface area contributed by atoms with Crippen molar-refractivity contribution in [3.63, 3.8) is 0 Å². The fourth-order valence-electron chi connectivity index (χ4n) is 2.20. The molecule has 2 rings (SSSR count). The van der Waals surface area contributed by atoms with Gasteiger partial charge >= 0.3 is 0 Å². The second-order valence-electron chi connectivity index (χ2n) is 4.48. The van der Waals surface area contributed by atoms with Gasteiger partial charge in [0.25, 0.3) is 0 Å². The fourth-order valence-corrected chi connectivity index (χ4v) is 2.98. The third-order valence-electron chi connectivity index (χ3n) is 3.09. The van der Waals surface area contributed by atoms with Crippen LogP contribution in [0.2, 0.25) is 0 Å². The summed E-state index contributed by atoms with van der Waals surface area (Å²) >= 11 is 12.4. The van der Waals surface area contributed by atoms with Gasteiger partial charge in [0.1, 0.15) is 0 Å². The molecule has 0 saturated carbocycles. The van der Waals surface area contributed by atoms with Gasteiger partial charge in [0.15, 0.2) is 0 Å². The largest absolute Gasteiger partial charge is 0.0885 e. The maximum Gasteiger partial charge on any atom is 0.0259 e. The molecule has 0 nitrogen and oxygen atoms in total. The van der Waals surface area contributed by atoms with E-state index < -0.39 is 0 Å². The van der Waals surface area contributed by atoms with Crippen LogP contribution in [0.5, 0.6) is 0 Å². The Morgan fingerprint density at radius 1 is 0.938 bits per heavy atom. The van der Waals surface area contributed by atoms with Crippen LogP contribution in [0.4, 0.5) is 0 Å². The first-order valence-corrected chi connectivity index (χ1v) is 5.90. The first-order valence-electron chi connectivity index (χ1n) is 5.15. The van der Waals surface area contributed by atoms with Gasteiger partial charge in [-0.3, -0.25) is 0 Å². The predicted octanol–water partition coefficient (Wildman–Crippen LogP) is 4.92. The number of halogens is 2. The Morgan fingerprint density at radius 2 is 1.31 bits per heavy atom. The standard InChI is InChI=1S/C13H14Cl2.Ti/c1-13(2,9-5-3-7-11(9)14)10-6-4-8-12(10)15;/h3-6H,7-8H2,1-2H3;. The summed E-state index contributed by atoms with van der Waals surface area (Å²) in [6.07, 6.45) is 10.2. The van der Waals surface area contributed by atoms with Gasteiger partial charge in [-0.05, 0) is 11.1 Å². The summed E-state index contributed by atoms with van der Waals surface area (Å²) in [5.74, 6) is 0. The molecule has 0 saturated heterocycles. The van der Waals surface area contributed by atoms with E-state index in [-0.39, 0.29) is 27.1 Å². The third kappa shape index (κ3) is 2.41. The molecular formula is C13H14Cl2Ti. The SMILES string of the molecule is CC(C)(C1=C(Cl)CC=C1)C1=C(Cl)CC=C1.[Ti]. The molecule has 0 atom stereocenters. The van der Waals surface area contributed by atoms with Crippen molar-refractivity contribution < 1.29 is 21.7 Å². The van der Waals surface area contributed by atoms with E-state index in [0.29, 0.717) is 0 Å². The normalized spacial score (nSPS) is 19.8. The average molecular weight is 289 g/mol. The molecule has 0 amide bonds. The van der Waals surface area contributed by atoms with Crippen molar-refractivity contribution in [2.45, 2.75) is 26.7 Å². The van der Waals surface area contributed by atoms with Crippen molar-refractivity contribution in [3.05, 3.63) is 45.5 Å². The van der Waals surface area contributed by atoms with E-state index in [4.69, 9.17) is 23.2 Å². The van der Waals surface area contributed by atoms with Crippen LogP contribution >= 0.6 is 23.2 Å². The van der Waals surface area contributed by atoms with Crippen LogP contribution in [-0.4, -0.2) is 0 Å². The molecule has 0 radical (unpaired) electrons. The summed E-state index contributed by atoms with van der Waals surface area (Å²) in [4.78, 5) is 0. The number of rotatable bonds is 2. The molecule has 0 unspecified atom stereocenters. The maximum absolute atomic E-state index is 6.22. The number of hydrogen-bond acceptors (Lipinski definition) is 0. The summed E-state index contributed by atoms with van der Waals surface area (Å²) in [5.41, 5.74) is 2.32. The molecule has 0 fully saturated rings. The topological polar surface area (TPSA) is 0 Å². The Balaban J connectivity index is 0.00000128. The van der Waals surface area contributed by atoms with E-state index in [1.807, 2.05) is 0 Å². The molecule has 0 heterocycles. The van der Waals surface area contributed by atoms with Gasteiger partial charge in [-0.25, -0.2) is 0 Å². The molecule has 0 N–H and O–H groups in total. The summed E-state index contributed by atoms with van der Waals surface area (Å²) in [6, 6.07) is 0. The second kappa shape index (κ2) is 5.27. The fraction of sp³-hybridized carbons (Fsp3) is 0.385. The Hall–Kier alpha value is 0.254. The predicted molar refractivity (Wildman–Crippen MR) is 67.1 cm³/mol. The average Bonchev–Trinajstić information content (AvgIpc) is 2.73. The molecule has 0 bridgehead atoms. The summed E-state index contributed by atoms with van der Waals surface area (Å²) in [7, 11) is 0. The first-order chi connectivity index (χ1) is 7.03. The molecule has 0 aromatic heterocycles. The van der Waals surface area contributed by atoms with Crippen molar-refractivity contribution in [2.75, 3.05) is 0 Å². The molecule has 2 aliphatic rings. The second-order valence-corrected chi connectivity index (χ2v) is 5.39. The number of hydrogen-bond donors (Lipinski definition) is 0. The molecular weight excluding hydrogens is 275 g/mol. The minimum absolute atomic E-state index is 0. The van der Waals surface area contributed by atoms with Crippen LogP contribution in [0.25, 0.3) is 0 Å².